The molecule has 4 heteroatoms. The topological polar surface area (TPSA) is 21.3 Å². The zero-order valence-electron chi connectivity index (χ0n) is 3.95. The molecule has 0 aliphatic heterocycles. The van der Waals surface area contributed by atoms with Crippen molar-refractivity contribution in [3.8, 4) is 0 Å². The summed E-state index contributed by atoms with van der Waals surface area (Å²) in [6.07, 6.45) is -2.33. The minimum atomic E-state index is -2.33. The SMILES string of the molecule is CONCC(F)F. The summed E-state index contributed by atoms with van der Waals surface area (Å²) in [5, 5.41) is 0. The van der Waals surface area contributed by atoms with E-state index in [0.717, 1.165) is 0 Å². The van der Waals surface area contributed by atoms with Crippen LogP contribution in [-0.2, 0) is 4.84 Å². The summed E-state index contributed by atoms with van der Waals surface area (Å²) in [7, 11) is 1.29. The van der Waals surface area contributed by atoms with Gasteiger partial charge < -0.3 is 4.84 Å². The Balaban J connectivity index is 2.68. The molecule has 44 valence electrons. The first-order valence-corrected chi connectivity index (χ1v) is 1.81. The molecule has 0 amide bonds. The lowest BCUT2D eigenvalue weighted by Crippen LogP contribution is -2.19. The van der Waals surface area contributed by atoms with Gasteiger partial charge in [-0.05, 0) is 0 Å². The fraction of sp³-hybridized carbons (Fsp3) is 1.00. The normalized spacial score (nSPS) is 10.3. The smallest absolute Gasteiger partial charge is 0.253 e. The van der Waals surface area contributed by atoms with E-state index >= 15 is 0 Å². The van der Waals surface area contributed by atoms with Gasteiger partial charge in [-0.25, -0.2) is 8.78 Å². The summed E-state index contributed by atoms with van der Waals surface area (Å²) >= 11 is 0. The van der Waals surface area contributed by atoms with Crippen molar-refractivity contribution in [2.75, 3.05) is 13.7 Å². The van der Waals surface area contributed by atoms with Gasteiger partial charge in [-0.2, -0.15) is 5.48 Å². The van der Waals surface area contributed by atoms with Crippen LogP contribution in [0.2, 0.25) is 0 Å². The first kappa shape index (κ1) is 6.78. The molecule has 0 heterocycles. The van der Waals surface area contributed by atoms with Gasteiger partial charge in [0.2, 0.25) is 0 Å². The van der Waals surface area contributed by atoms with Crippen LogP contribution >= 0.6 is 0 Å². The van der Waals surface area contributed by atoms with Crippen LogP contribution in [0.25, 0.3) is 0 Å². The Kier molecular flexibility index (Phi) is 3.83. The molecular formula is C3H7F2NO. The van der Waals surface area contributed by atoms with Gasteiger partial charge in [0.25, 0.3) is 6.43 Å². The molecule has 0 aromatic carbocycles. The number of halogens is 2. The quantitative estimate of drug-likeness (QED) is 0.532. The van der Waals surface area contributed by atoms with Crippen molar-refractivity contribution in [2.45, 2.75) is 6.43 Å². The third-order valence-corrected chi connectivity index (χ3v) is 0.382. The van der Waals surface area contributed by atoms with Gasteiger partial charge in [-0.15, -0.1) is 0 Å². The molecule has 0 saturated carbocycles. The molecule has 0 bridgehead atoms. The Morgan fingerprint density at radius 2 is 2.29 bits per heavy atom. The van der Waals surface area contributed by atoms with Crippen LogP contribution in [0.5, 0.6) is 0 Å². The Labute approximate surface area is 40.4 Å². The zero-order valence-corrected chi connectivity index (χ0v) is 3.95. The van der Waals surface area contributed by atoms with E-state index < -0.39 is 13.0 Å². The molecule has 0 radical (unpaired) electrons. The number of alkyl halides is 2. The van der Waals surface area contributed by atoms with Crippen LogP contribution in [0.15, 0.2) is 0 Å². The minimum Gasteiger partial charge on any atom is -0.305 e. The Hall–Kier alpha value is -0.220. The highest BCUT2D eigenvalue weighted by atomic mass is 19.3. The maximum atomic E-state index is 11.1. The maximum absolute atomic E-state index is 11.1. The zero-order chi connectivity index (χ0) is 5.70. The summed E-state index contributed by atoms with van der Waals surface area (Å²) in [6.45, 7) is -0.406. The fourth-order valence-corrected chi connectivity index (χ4v) is 0.146. The molecule has 0 rings (SSSR count). The lowest BCUT2D eigenvalue weighted by molar-refractivity contribution is 0.0381. The van der Waals surface area contributed by atoms with Crippen molar-refractivity contribution < 1.29 is 13.6 Å². The molecule has 0 aromatic heterocycles. The fourth-order valence-electron chi connectivity index (χ4n) is 0.146. The Morgan fingerprint density at radius 3 is 2.43 bits per heavy atom. The maximum Gasteiger partial charge on any atom is 0.253 e. The van der Waals surface area contributed by atoms with Crippen molar-refractivity contribution in [3.05, 3.63) is 0 Å². The highest BCUT2D eigenvalue weighted by molar-refractivity contribution is 4.34. The second kappa shape index (κ2) is 3.95. The monoisotopic (exact) mass is 111 g/mol. The van der Waals surface area contributed by atoms with Gasteiger partial charge in [0, 0.05) is 0 Å². The van der Waals surface area contributed by atoms with E-state index in [1.165, 1.54) is 7.11 Å². The second-order valence-corrected chi connectivity index (χ2v) is 0.944. The highest BCUT2D eigenvalue weighted by Crippen LogP contribution is 1.85. The number of hydrogen-bond donors (Lipinski definition) is 1. The van der Waals surface area contributed by atoms with Crippen LogP contribution in [0.4, 0.5) is 8.78 Å². The highest BCUT2D eigenvalue weighted by Gasteiger charge is 1.97. The van der Waals surface area contributed by atoms with Gasteiger partial charge >= 0.3 is 0 Å². The molecule has 0 aliphatic rings. The number of hydroxylamine groups is 1. The summed E-state index contributed by atoms with van der Waals surface area (Å²) in [4.78, 5) is 4.12. The molecule has 0 atom stereocenters. The molecule has 0 fully saturated rings. The number of nitrogens with one attached hydrogen (secondary N) is 1. The summed E-state index contributed by atoms with van der Waals surface area (Å²) in [5.41, 5.74) is 2.00. The summed E-state index contributed by atoms with van der Waals surface area (Å²) < 4.78 is 22.2. The summed E-state index contributed by atoms with van der Waals surface area (Å²) in [5.74, 6) is 0. The second-order valence-electron chi connectivity index (χ2n) is 0.944. The molecule has 2 nitrogen and oxygen atoms in total. The lowest BCUT2D eigenvalue weighted by Gasteiger charge is -1.96. The third-order valence-electron chi connectivity index (χ3n) is 0.382. The van der Waals surface area contributed by atoms with Crippen LogP contribution in [0.3, 0.4) is 0 Å². The molecule has 0 unspecified atom stereocenters. The van der Waals surface area contributed by atoms with Gasteiger partial charge in [0.1, 0.15) is 0 Å². The Bertz CT molecular complexity index is 41.9. The number of rotatable bonds is 3. The predicted octanol–water partition coefficient (Wildman–Crippen LogP) is 0.402. The van der Waals surface area contributed by atoms with Crippen LogP contribution in [0, 0.1) is 0 Å². The third kappa shape index (κ3) is 5.78. The largest absolute Gasteiger partial charge is 0.305 e. The average Bonchev–Trinajstić information content (AvgIpc) is 1.61. The first-order chi connectivity index (χ1) is 3.27. The average molecular weight is 111 g/mol. The van der Waals surface area contributed by atoms with Crippen molar-refractivity contribution in [3.63, 3.8) is 0 Å². The molecular weight excluding hydrogens is 104 g/mol. The molecule has 1 N–H and O–H groups in total. The molecule has 0 saturated heterocycles. The van der Waals surface area contributed by atoms with E-state index in [4.69, 9.17) is 0 Å². The molecule has 0 spiro atoms. The van der Waals surface area contributed by atoms with Gasteiger partial charge in [-0.3, -0.25) is 0 Å². The van der Waals surface area contributed by atoms with E-state index in [-0.39, 0.29) is 0 Å². The molecule has 0 aromatic rings. The van der Waals surface area contributed by atoms with Crippen LogP contribution in [-0.4, -0.2) is 20.1 Å². The lowest BCUT2D eigenvalue weighted by atomic mass is 10.7. The number of hydrogen-bond acceptors (Lipinski definition) is 2. The molecule has 0 aliphatic carbocycles. The van der Waals surface area contributed by atoms with E-state index in [1.54, 1.807) is 0 Å². The van der Waals surface area contributed by atoms with Gasteiger partial charge in [0.05, 0.1) is 13.7 Å². The van der Waals surface area contributed by atoms with Crippen molar-refractivity contribution in [1.82, 2.24) is 5.48 Å². The van der Waals surface area contributed by atoms with E-state index in [9.17, 15) is 8.78 Å². The Morgan fingerprint density at radius 1 is 1.71 bits per heavy atom. The van der Waals surface area contributed by atoms with Crippen LogP contribution in [0.1, 0.15) is 0 Å². The van der Waals surface area contributed by atoms with Gasteiger partial charge in [-0.1, -0.05) is 0 Å². The van der Waals surface area contributed by atoms with Crippen molar-refractivity contribution in [1.29, 1.82) is 0 Å². The van der Waals surface area contributed by atoms with Crippen LogP contribution < -0.4 is 5.48 Å². The van der Waals surface area contributed by atoms with Crippen molar-refractivity contribution in [2.24, 2.45) is 0 Å². The predicted molar refractivity (Wildman–Crippen MR) is 21.0 cm³/mol. The minimum absolute atomic E-state index is 0.406. The van der Waals surface area contributed by atoms with Crippen molar-refractivity contribution >= 4 is 0 Å². The standard InChI is InChI=1S/C3H7F2NO/c1-7-6-2-3(4)5/h3,6H,2H2,1H3. The first-order valence-electron chi connectivity index (χ1n) is 1.81. The van der Waals surface area contributed by atoms with E-state index in [1.807, 2.05) is 5.48 Å². The summed E-state index contributed by atoms with van der Waals surface area (Å²) in [6, 6.07) is 0. The van der Waals surface area contributed by atoms with Gasteiger partial charge in [0.15, 0.2) is 0 Å². The van der Waals surface area contributed by atoms with E-state index in [2.05, 4.69) is 4.84 Å². The molecule has 7 heavy (non-hydrogen) atoms. The van der Waals surface area contributed by atoms with E-state index in [0.29, 0.717) is 0 Å².